The average molecular weight is 352 g/mol. The standard InChI is InChI=1S/C19H20N4O3/c24-17(5-6-18-22-19(23-26-18)14-8-10-25-12-14)21-11-16-15-4-2-1-3-13(15)7-9-20-16/h1-4,8,10,12,16,20H,5-7,9,11H2,(H,21,24). The first-order valence-corrected chi connectivity index (χ1v) is 8.72. The van der Waals surface area contributed by atoms with Crippen LogP contribution in [0.1, 0.15) is 29.5 Å². The Balaban J connectivity index is 1.28. The molecule has 0 spiro atoms. The van der Waals surface area contributed by atoms with Crippen molar-refractivity contribution < 1.29 is 13.7 Å². The quantitative estimate of drug-likeness (QED) is 0.707. The summed E-state index contributed by atoms with van der Waals surface area (Å²) in [5.74, 6) is 0.882. The Morgan fingerprint density at radius 3 is 3.12 bits per heavy atom. The van der Waals surface area contributed by atoms with Crippen LogP contribution in [-0.4, -0.2) is 29.1 Å². The van der Waals surface area contributed by atoms with Gasteiger partial charge in [-0.3, -0.25) is 4.79 Å². The van der Waals surface area contributed by atoms with Crippen molar-refractivity contribution in [2.75, 3.05) is 13.1 Å². The maximum Gasteiger partial charge on any atom is 0.227 e. The van der Waals surface area contributed by atoms with Gasteiger partial charge in [0.2, 0.25) is 17.6 Å². The summed E-state index contributed by atoms with van der Waals surface area (Å²) >= 11 is 0. The molecule has 0 radical (unpaired) electrons. The van der Waals surface area contributed by atoms with Gasteiger partial charge in [-0.15, -0.1) is 0 Å². The number of hydrogen-bond donors (Lipinski definition) is 2. The van der Waals surface area contributed by atoms with Crippen molar-refractivity contribution in [3.63, 3.8) is 0 Å². The van der Waals surface area contributed by atoms with Crippen LogP contribution in [0.4, 0.5) is 0 Å². The van der Waals surface area contributed by atoms with Gasteiger partial charge in [-0.25, -0.2) is 0 Å². The highest BCUT2D eigenvalue weighted by Gasteiger charge is 2.19. The Labute approximate surface area is 150 Å². The largest absolute Gasteiger partial charge is 0.472 e. The third kappa shape index (κ3) is 3.67. The summed E-state index contributed by atoms with van der Waals surface area (Å²) in [5, 5.41) is 10.3. The summed E-state index contributed by atoms with van der Waals surface area (Å²) in [5.41, 5.74) is 3.37. The monoisotopic (exact) mass is 352 g/mol. The van der Waals surface area contributed by atoms with E-state index in [1.165, 1.54) is 11.1 Å². The number of fused-ring (bicyclic) bond motifs is 1. The predicted octanol–water partition coefficient (Wildman–Crippen LogP) is 2.27. The first kappa shape index (κ1) is 16.5. The van der Waals surface area contributed by atoms with Crippen molar-refractivity contribution in [3.8, 4) is 11.4 Å². The van der Waals surface area contributed by atoms with Crippen molar-refractivity contribution in [1.29, 1.82) is 0 Å². The number of benzene rings is 1. The molecule has 0 aliphatic carbocycles. The fraction of sp³-hybridized carbons (Fsp3) is 0.316. The van der Waals surface area contributed by atoms with E-state index < -0.39 is 0 Å². The van der Waals surface area contributed by atoms with Crippen molar-refractivity contribution in [2.24, 2.45) is 0 Å². The molecule has 1 atom stereocenters. The van der Waals surface area contributed by atoms with Gasteiger partial charge in [0.1, 0.15) is 6.26 Å². The SMILES string of the molecule is O=C(CCc1nc(-c2ccoc2)no1)NCC1NCCc2ccccc21. The smallest absolute Gasteiger partial charge is 0.227 e. The van der Waals surface area contributed by atoms with E-state index in [1.807, 2.05) is 6.07 Å². The van der Waals surface area contributed by atoms with Gasteiger partial charge >= 0.3 is 0 Å². The molecular weight excluding hydrogens is 332 g/mol. The third-order valence-electron chi connectivity index (χ3n) is 4.53. The summed E-state index contributed by atoms with van der Waals surface area (Å²) in [6.07, 6.45) is 4.84. The molecule has 1 unspecified atom stereocenters. The van der Waals surface area contributed by atoms with E-state index in [2.05, 4.69) is 39.0 Å². The van der Waals surface area contributed by atoms with E-state index >= 15 is 0 Å². The van der Waals surface area contributed by atoms with Crippen molar-refractivity contribution in [2.45, 2.75) is 25.3 Å². The summed E-state index contributed by atoms with van der Waals surface area (Å²) in [7, 11) is 0. The molecule has 0 saturated heterocycles. The van der Waals surface area contributed by atoms with Gasteiger partial charge < -0.3 is 19.6 Å². The van der Waals surface area contributed by atoms with Crippen LogP contribution < -0.4 is 10.6 Å². The third-order valence-corrected chi connectivity index (χ3v) is 4.53. The van der Waals surface area contributed by atoms with Crippen molar-refractivity contribution >= 4 is 5.91 Å². The molecule has 0 saturated carbocycles. The molecule has 3 heterocycles. The predicted molar refractivity (Wildman–Crippen MR) is 94.2 cm³/mol. The highest BCUT2D eigenvalue weighted by Crippen LogP contribution is 2.22. The van der Waals surface area contributed by atoms with Gasteiger partial charge in [0, 0.05) is 25.4 Å². The summed E-state index contributed by atoms with van der Waals surface area (Å²) in [6.45, 7) is 1.50. The number of hydrogen-bond acceptors (Lipinski definition) is 6. The highest BCUT2D eigenvalue weighted by atomic mass is 16.5. The number of aryl methyl sites for hydroxylation is 1. The Morgan fingerprint density at radius 1 is 1.31 bits per heavy atom. The molecule has 1 aliphatic heterocycles. The van der Waals surface area contributed by atoms with E-state index in [9.17, 15) is 4.79 Å². The Hall–Kier alpha value is -2.93. The molecule has 4 rings (SSSR count). The van der Waals surface area contributed by atoms with Gasteiger partial charge in [-0.2, -0.15) is 4.98 Å². The van der Waals surface area contributed by atoms with E-state index in [0.717, 1.165) is 18.5 Å². The van der Waals surface area contributed by atoms with Crippen molar-refractivity contribution in [3.05, 3.63) is 59.9 Å². The molecule has 1 aliphatic rings. The zero-order valence-corrected chi connectivity index (χ0v) is 14.3. The lowest BCUT2D eigenvalue weighted by molar-refractivity contribution is -0.121. The lowest BCUT2D eigenvalue weighted by Gasteiger charge is -2.27. The van der Waals surface area contributed by atoms with E-state index in [4.69, 9.17) is 8.94 Å². The molecule has 7 heteroatoms. The Morgan fingerprint density at radius 2 is 2.23 bits per heavy atom. The van der Waals surface area contributed by atoms with Crippen LogP contribution in [0.2, 0.25) is 0 Å². The Bertz CT molecular complexity index is 873. The minimum atomic E-state index is -0.0297. The maximum atomic E-state index is 12.2. The van der Waals surface area contributed by atoms with Gasteiger partial charge in [-0.1, -0.05) is 29.4 Å². The van der Waals surface area contributed by atoms with Gasteiger partial charge in [0.05, 0.1) is 11.8 Å². The normalized spacial score (nSPS) is 16.2. The molecule has 2 N–H and O–H groups in total. The number of carbonyl (C=O) groups excluding carboxylic acids is 1. The van der Waals surface area contributed by atoms with Crippen LogP contribution in [0, 0.1) is 0 Å². The number of aromatic nitrogens is 2. The molecule has 3 aromatic rings. The zero-order chi connectivity index (χ0) is 17.8. The average Bonchev–Trinajstić information content (AvgIpc) is 3.36. The van der Waals surface area contributed by atoms with Crippen LogP contribution in [0.25, 0.3) is 11.4 Å². The second kappa shape index (κ2) is 7.53. The van der Waals surface area contributed by atoms with Gasteiger partial charge in [0.25, 0.3) is 0 Å². The Kier molecular flexibility index (Phi) is 4.79. The van der Waals surface area contributed by atoms with Gasteiger partial charge in [0.15, 0.2) is 0 Å². The number of rotatable bonds is 6. The van der Waals surface area contributed by atoms with E-state index in [1.54, 1.807) is 18.6 Å². The molecular formula is C19H20N4O3. The molecule has 134 valence electrons. The van der Waals surface area contributed by atoms with Crippen LogP contribution in [0.3, 0.4) is 0 Å². The van der Waals surface area contributed by atoms with Crippen LogP contribution in [0.15, 0.2) is 51.8 Å². The fourth-order valence-electron chi connectivity index (χ4n) is 3.17. The summed E-state index contributed by atoms with van der Waals surface area (Å²) < 4.78 is 10.2. The maximum absolute atomic E-state index is 12.2. The number of furan rings is 1. The van der Waals surface area contributed by atoms with Crippen molar-refractivity contribution in [1.82, 2.24) is 20.8 Å². The summed E-state index contributed by atoms with van der Waals surface area (Å²) in [6, 6.07) is 10.3. The minimum absolute atomic E-state index is 0.0297. The molecule has 0 fully saturated rings. The summed E-state index contributed by atoms with van der Waals surface area (Å²) in [4.78, 5) is 16.4. The lowest BCUT2D eigenvalue weighted by atomic mass is 9.94. The molecule has 1 aromatic carbocycles. The second-order valence-electron chi connectivity index (χ2n) is 6.28. The number of nitrogens with one attached hydrogen (secondary N) is 2. The number of amides is 1. The molecule has 2 aromatic heterocycles. The van der Waals surface area contributed by atoms with Crippen LogP contribution >= 0.6 is 0 Å². The first-order chi connectivity index (χ1) is 12.8. The van der Waals surface area contributed by atoms with Crippen LogP contribution in [0.5, 0.6) is 0 Å². The van der Waals surface area contributed by atoms with E-state index in [-0.39, 0.29) is 11.9 Å². The molecule has 1 amide bonds. The van der Waals surface area contributed by atoms with Crippen LogP contribution in [-0.2, 0) is 17.6 Å². The molecule has 0 bridgehead atoms. The fourth-order valence-corrected chi connectivity index (χ4v) is 3.17. The topological polar surface area (TPSA) is 93.2 Å². The molecule has 26 heavy (non-hydrogen) atoms. The number of carbonyl (C=O) groups is 1. The highest BCUT2D eigenvalue weighted by molar-refractivity contribution is 5.76. The lowest BCUT2D eigenvalue weighted by Crippen LogP contribution is -2.38. The molecule has 7 nitrogen and oxygen atoms in total. The first-order valence-electron chi connectivity index (χ1n) is 8.72. The zero-order valence-electron chi connectivity index (χ0n) is 14.3. The van der Waals surface area contributed by atoms with E-state index in [0.29, 0.717) is 31.1 Å². The minimum Gasteiger partial charge on any atom is -0.472 e. The second-order valence-corrected chi connectivity index (χ2v) is 6.28. The number of nitrogens with zero attached hydrogens (tertiary/aromatic N) is 2. The van der Waals surface area contributed by atoms with Gasteiger partial charge in [-0.05, 0) is 30.2 Å².